The van der Waals surface area contributed by atoms with Gasteiger partial charge in [0, 0.05) is 5.69 Å². The third-order valence-electron chi connectivity index (χ3n) is 4.06. The summed E-state index contributed by atoms with van der Waals surface area (Å²) >= 11 is 1.56. The lowest BCUT2D eigenvalue weighted by atomic mass is 10.0. The SMILES string of the molecule is Cc1ccc(F)cc1NC(=O)CSC(c1ccccc1)c1ccccc1. The highest BCUT2D eigenvalue weighted by Crippen LogP contribution is 2.35. The highest BCUT2D eigenvalue weighted by molar-refractivity contribution is 8.00. The number of anilines is 1. The molecule has 1 amide bonds. The zero-order chi connectivity index (χ0) is 18.4. The van der Waals surface area contributed by atoms with Gasteiger partial charge in [0.1, 0.15) is 5.82 Å². The lowest BCUT2D eigenvalue weighted by molar-refractivity contribution is -0.113. The number of amides is 1. The largest absolute Gasteiger partial charge is 0.325 e. The molecule has 3 aromatic carbocycles. The van der Waals surface area contributed by atoms with Gasteiger partial charge in [0.25, 0.3) is 0 Å². The summed E-state index contributed by atoms with van der Waals surface area (Å²) in [6.07, 6.45) is 0. The van der Waals surface area contributed by atoms with E-state index in [0.29, 0.717) is 5.69 Å². The minimum atomic E-state index is -0.356. The van der Waals surface area contributed by atoms with Gasteiger partial charge < -0.3 is 5.32 Å². The predicted molar refractivity (Wildman–Crippen MR) is 107 cm³/mol. The van der Waals surface area contributed by atoms with Gasteiger partial charge >= 0.3 is 0 Å². The van der Waals surface area contributed by atoms with Crippen LogP contribution in [0.25, 0.3) is 0 Å². The van der Waals surface area contributed by atoms with E-state index in [2.05, 4.69) is 29.6 Å². The number of halogens is 1. The molecule has 4 heteroatoms. The standard InChI is InChI=1S/C22H20FNOS/c1-16-12-13-19(23)14-20(16)24-21(25)15-26-22(17-8-4-2-5-9-17)18-10-6-3-7-11-18/h2-14,22H,15H2,1H3,(H,24,25). The Labute approximate surface area is 157 Å². The van der Waals surface area contributed by atoms with Crippen LogP contribution in [0, 0.1) is 12.7 Å². The van der Waals surface area contributed by atoms with Gasteiger partial charge in [-0.2, -0.15) is 0 Å². The van der Waals surface area contributed by atoms with Crippen LogP contribution in [0.1, 0.15) is 21.9 Å². The van der Waals surface area contributed by atoms with Crippen molar-refractivity contribution in [2.45, 2.75) is 12.2 Å². The first-order chi connectivity index (χ1) is 12.6. The number of hydrogen-bond donors (Lipinski definition) is 1. The predicted octanol–water partition coefficient (Wildman–Crippen LogP) is 5.60. The summed E-state index contributed by atoms with van der Waals surface area (Å²) in [6.45, 7) is 1.85. The number of rotatable bonds is 6. The van der Waals surface area contributed by atoms with Gasteiger partial charge in [0.15, 0.2) is 0 Å². The van der Waals surface area contributed by atoms with E-state index < -0.39 is 0 Å². The van der Waals surface area contributed by atoms with Crippen molar-refractivity contribution in [2.75, 3.05) is 11.1 Å². The van der Waals surface area contributed by atoms with Crippen molar-refractivity contribution in [3.8, 4) is 0 Å². The van der Waals surface area contributed by atoms with E-state index in [-0.39, 0.29) is 22.7 Å². The van der Waals surface area contributed by atoms with Crippen molar-refractivity contribution in [3.63, 3.8) is 0 Å². The van der Waals surface area contributed by atoms with Gasteiger partial charge in [-0.05, 0) is 35.7 Å². The Bertz CT molecular complexity index is 828. The molecular weight excluding hydrogens is 345 g/mol. The fourth-order valence-electron chi connectivity index (χ4n) is 2.71. The van der Waals surface area contributed by atoms with Crippen LogP contribution in [0.2, 0.25) is 0 Å². The van der Waals surface area contributed by atoms with Crippen molar-refractivity contribution < 1.29 is 9.18 Å². The second-order valence-electron chi connectivity index (χ2n) is 6.02. The smallest absolute Gasteiger partial charge is 0.234 e. The van der Waals surface area contributed by atoms with Crippen LogP contribution in [0.3, 0.4) is 0 Å². The summed E-state index contributed by atoms with van der Waals surface area (Å²) in [4.78, 5) is 12.4. The monoisotopic (exact) mass is 365 g/mol. The normalized spacial score (nSPS) is 10.7. The Balaban J connectivity index is 1.72. The summed E-state index contributed by atoms with van der Waals surface area (Å²) < 4.78 is 13.4. The minimum absolute atomic E-state index is 0.0664. The zero-order valence-corrected chi connectivity index (χ0v) is 15.3. The number of thioether (sulfide) groups is 1. The first-order valence-corrected chi connectivity index (χ1v) is 9.46. The van der Waals surface area contributed by atoms with Gasteiger partial charge in [-0.3, -0.25) is 4.79 Å². The Kier molecular flexibility index (Phi) is 6.08. The molecule has 132 valence electrons. The number of aryl methyl sites for hydroxylation is 1. The van der Waals surface area contributed by atoms with E-state index >= 15 is 0 Å². The Morgan fingerprint density at radius 1 is 0.962 bits per heavy atom. The highest BCUT2D eigenvalue weighted by atomic mass is 32.2. The van der Waals surface area contributed by atoms with Gasteiger partial charge in [-0.1, -0.05) is 66.7 Å². The fraction of sp³-hybridized carbons (Fsp3) is 0.136. The lowest BCUT2D eigenvalue weighted by Crippen LogP contribution is -2.16. The van der Waals surface area contributed by atoms with E-state index in [1.165, 1.54) is 12.1 Å². The Morgan fingerprint density at radius 2 is 1.54 bits per heavy atom. The molecular formula is C22H20FNOS. The second kappa shape index (κ2) is 8.68. The summed E-state index contributed by atoms with van der Waals surface area (Å²) in [7, 11) is 0. The van der Waals surface area contributed by atoms with Crippen molar-refractivity contribution in [3.05, 3.63) is 101 Å². The van der Waals surface area contributed by atoms with Gasteiger partial charge in [-0.15, -0.1) is 11.8 Å². The van der Waals surface area contributed by atoms with E-state index in [9.17, 15) is 9.18 Å². The maximum Gasteiger partial charge on any atom is 0.234 e. The number of carbonyl (C=O) groups excluding carboxylic acids is 1. The summed E-state index contributed by atoms with van der Waals surface area (Å²) in [5.41, 5.74) is 3.66. The van der Waals surface area contributed by atoms with E-state index in [4.69, 9.17) is 0 Å². The minimum Gasteiger partial charge on any atom is -0.325 e. The van der Waals surface area contributed by atoms with Crippen LogP contribution in [0.15, 0.2) is 78.9 Å². The summed E-state index contributed by atoms with van der Waals surface area (Å²) in [5.74, 6) is -0.213. The van der Waals surface area contributed by atoms with Crippen LogP contribution in [0.4, 0.5) is 10.1 Å². The van der Waals surface area contributed by atoms with E-state index in [1.54, 1.807) is 17.8 Å². The molecule has 0 heterocycles. The number of nitrogens with one attached hydrogen (secondary N) is 1. The van der Waals surface area contributed by atoms with Gasteiger partial charge in [0.2, 0.25) is 5.91 Å². The van der Waals surface area contributed by atoms with E-state index in [1.807, 2.05) is 43.3 Å². The molecule has 0 aromatic heterocycles. The summed E-state index contributed by atoms with van der Waals surface area (Å²) in [5, 5.41) is 2.88. The highest BCUT2D eigenvalue weighted by Gasteiger charge is 2.16. The average Bonchev–Trinajstić information content (AvgIpc) is 2.67. The molecule has 3 rings (SSSR count). The van der Waals surface area contributed by atoms with Crippen molar-refractivity contribution >= 4 is 23.4 Å². The topological polar surface area (TPSA) is 29.1 Å². The lowest BCUT2D eigenvalue weighted by Gasteiger charge is -2.18. The molecule has 0 radical (unpaired) electrons. The van der Waals surface area contributed by atoms with Crippen LogP contribution < -0.4 is 5.32 Å². The maximum absolute atomic E-state index is 13.4. The quantitative estimate of drug-likeness (QED) is 0.616. The molecule has 3 aromatic rings. The number of benzene rings is 3. The molecule has 0 spiro atoms. The molecule has 0 saturated heterocycles. The third-order valence-corrected chi connectivity index (χ3v) is 5.37. The summed E-state index contributed by atoms with van der Waals surface area (Å²) in [6, 6.07) is 24.6. The molecule has 1 N–H and O–H groups in total. The maximum atomic E-state index is 13.4. The zero-order valence-electron chi connectivity index (χ0n) is 14.5. The Hall–Kier alpha value is -2.59. The number of carbonyl (C=O) groups is 1. The molecule has 0 aliphatic heterocycles. The first-order valence-electron chi connectivity index (χ1n) is 8.41. The van der Waals surface area contributed by atoms with Gasteiger partial charge in [-0.25, -0.2) is 4.39 Å². The molecule has 0 unspecified atom stereocenters. The molecule has 0 aliphatic carbocycles. The van der Waals surface area contributed by atoms with Crippen molar-refractivity contribution in [1.29, 1.82) is 0 Å². The first kappa shape index (κ1) is 18.2. The molecule has 0 atom stereocenters. The molecule has 26 heavy (non-hydrogen) atoms. The van der Waals surface area contributed by atoms with Crippen LogP contribution in [0.5, 0.6) is 0 Å². The number of hydrogen-bond acceptors (Lipinski definition) is 2. The van der Waals surface area contributed by atoms with Crippen molar-refractivity contribution in [2.24, 2.45) is 0 Å². The van der Waals surface area contributed by atoms with Gasteiger partial charge in [0.05, 0.1) is 11.0 Å². The van der Waals surface area contributed by atoms with E-state index in [0.717, 1.165) is 16.7 Å². The van der Waals surface area contributed by atoms with Crippen LogP contribution in [-0.4, -0.2) is 11.7 Å². The van der Waals surface area contributed by atoms with Crippen molar-refractivity contribution in [1.82, 2.24) is 0 Å². The fourth-order valence-corrected chi connectivity index (χ4v) is 3.80. The molecule has 0 aliphatic rings. The van der Waals surface area contributed by atoms with Crippen LogP contribution >= 0.6 is 11.8 Å². The molecule has 2 nitrogen and oxygen atoms in total. The third kappa shape index (κ3) is 4.73. The van der Waals surface area contributed by atoms with Crippen LogP contribution in [-0.2, 0) is 4.79 Å². The average molecular weight is 365 g/mol. The Morgan fingerprint density at radius 3 is 2.12 bits per heavy atom. The molecule has 0 fully saturated rings. The second-order valence-corrected chi connectivity index (χ2v) is 7.11. The molecule has 0 bridgehead atoms. The molecule has 0 saturated carbocycles.